The van der Waals surface area contributed by atoms with Crippen LogP contribution in [0.2, 0.25) is 0 Å². The number of aromatic nitrogens is 1. The molecule has 1 aromatic heterocycles. The fraction of sp³-hybridized carbons (Fsp3) is 0.350. The first-order valence-electron chi connectivity index (χ1n) is 9.51. The quantitative estimate of drug-likeness (QED) is 0.560. The number of ketones is 1. The van der Waals surface area contributed by atoms with Crippen LogP contribution in [0.3, 0.4) is 0 Å². The normalized spacial score (nSPS) is 20.3. The third kappa shape index (κ3) is 3.54. The van der Waals surface area contributed by atoms with Gasteiger partial charge in [0.25, 0.3) is 17.6 Å². The van der Waals surface area contributed by atoms with Gasteiger partial charge in [-0.15, -0.1) is 0 Å². The van der Waals surface area contributed by atoms with E-state index in [4.69, 9.17) is 4.74 Å². The molecule has 3 heterocycles. The van der Waals surface area contributed by atoms with E-state index in [2.05, 4.69) is 0 Å². The molecule has 2 atom stereocenters. The summed E-state index contributed by atoms with van der Waals surface area (Å²) in [5.41, 5.74) is -1.19. The topological polar surface area (TPSA) is 101 Å². The Kier molecular flexibility index (Phi) is 5.21. The second-order valence-corrected chi connectivity index (χ2v) is 7.43. The summed E-state index contributed by atoms with van der Waals surface area (Å²) >= 11 is 0. The number of hydrogen-bond acceptors (Lipinski definition) is 5. The number of benzene rings is 1. The van der Waals surface area contributed by atoms with E-state index in [9.17, 15) is 32.7 Å². The maximum Gasteiger partial charge on any atom is 0.292 e. The maximum absolute atomic E-state index is 13.7. The molecule has 0 bridgehead atoms. The number of carbonyl (C=O) groups excluding carboxylic acids is 3. The molecular formula is C20H18F3N3O5. The number of Topliss-reactive ketones (excluding diaryl/α,β-unsaturated/α-hetero) is 1. The molecule has 0 spiro atoms. The van der Waals surface area contributed by atoms with Crippen molar-refractivity contribution >= 4 is 17.6 Å². The van der Waals surface area contributed by atoms with E-state index in [0.717, 1.165) is 0 Å². The second kappa shape index (κ2) is 7.73. The van der Waals surface area contributed by atoms with E-state index < -0.39 is 64.7 Å². The van der Waals surface area contributed by atoms with Crippen molar-refractivity contribution in [3.8, 4) is 5.75 Å². The third-order valence-corrected chi connectivity index (χ3v) is 5.45. The number of nitrogens with zero attached hydrogens (tertiary/aromatic N) is 2. The Labute approximate surface area is 174 Å². The summed E-state index contributed by atoms with van der Waals surface area (Å²) in [5.74, 6) is -7.19. The molecule has 4 rings (SSSR count). The van der Waals surface area contributed by atoms with Gasteiger partial charge in [0.15, 0.2) is 17.7 Å². The lowest BCUT2D eigenvalue weighted by atomic mass is 10.1. The van der Waals surface area contributed by atoms with Crippen molar-refractivity contribution in [2.45, 2.75) is 38.7 Å². The van der Waals surface area contributed by atoms with Crippen LogP contribution in [0.5, 0.6) is 5.75 Å². The molecule has 11 heteroatoms. The van der Waals surface area contributed by atoms with Crippen molar-refractivity contribution in [1.29, 1.82) is 0 Å². The van der Waals surface area contributed by atoms with Crippen LogP contribution < -0.4 is 5.32 Å². The van der Waals surface area contributed by atoms with Gasteiger partial charge in [-0.05, 0) is 13.3 Å². The first kappa shape index (κ1) is 20.9. The van der Waals surface area contributed by atoms with Crippen LogP contribution >= 0.6 is 0 Å². The molecule has 0 saturated carbocycles. The Balaban J connectivity index is 1.54. The van der Waals surface area contributed by atoms with Crippen LogP contribution in [0.25, 0.3) is 0 Å². The van der Waals surface area contributed by atoms with Gasteiger partial charge in [0, 0.05) is 36.5 Å². The third-order valence-electron chi connectivity index (χ3n) is 5.45. The average molecular weight is 437 g/mol. The van der Waals surface area contributed by atoms with E-state index in [1.807, 2.05) is 12.2 Å². The first-order valence-corrected chi connectivity index (χ1v) is 9.51. The van der Waals surface area contributed by atoms with Gasteiger partial charge in [-0.2, -0.15) is 0 Å². The van der Waals surface area contributed by atoms with Crippen molar-refractivity contribution in [3.63, 3.8) is 0 Å². The van der Waals surface area contributed by atoms with Crippen molar-refractivity contribution in [3.05, 3.63) is 52.6 Å². The van der Waals surface area contributed by atoms with E-state index in [1.165, 1.54) is 15.7 Å². The number of hydrogen-bond donors (Lipinski definition) is 2. The van der Waals surface area contributed by atoms with Gasteiger partial charge in [-0.3, -0.25) is 14.4 Å². The predicted octanol–water partition coefficient (Wildman–Crippen LogP) is 1.70. The molecule has 1 aromatic carbocycles. The highest BCUT2D eigenvalue weighted by molar-refractivity contribution is 6.43. The Morgan fingerprint density at radius 3 is 2.61 bits per heavy atom. The highest BCUT2D eigenvalue weighted by Gasteiger charge is 2.42. The summed E-state index contributed by atoms with van der Waals surface area (Å²) in [6, 6.07) is 0.768. The minimum Gasteiger partial charge on any atom is -0.505 e. The van der Waals surface area contributed by atoms with Gasteiger partial charge in [0.05, 0.1) is 18.7 Å². The molecule has 2 N–H and O–H groups in total. The minimum absolute atomic E-state index is 0.128. The lowest BCUT2D eigenvalue weighted by molar-refractivity contribution is -0.117. The van der Waals surface area contributed by atoms with E-state index in [-0.39, 0.29) is 18.3 Å². The van der Waals surface area contributed by atoms with Crippen molar-refractivity contribution in [1.82, 2.24) is 14.8 Å². The van der Waals surface area contributed by atoms with Gasteiger partial charge in [-0.1, -0.05) is 0 Å². The van der Waals surface area contributed by atoms with Crippen LogP contribution in [0, 0.1) is 17.5 Å². The van der Waals surface area contributed by atoms with Gasteiger partial charge in [0.1, 0.15) is 17.5 Å². The molecule has 2 aliphatic rings. The van der Waals surface area contributed by atoms with E-state index in [1.54, 1.807) is 0 Å². The smallest absolute Gasteiger partial charge is 0.292 e. The van der Waals surface area contributed by atoms with Crippen molar-refractivity contribution in [2.75, 3.05) is 6.61 Å². The van der Waals surface area contributed by atoms with E-state index >= 15 is 0 Å². The Morgan fingerprint density at radius 2 is 1.94 bits per heavy atom. The first-order chi connectivity index (χ1) is 14.7. The monoisotopic (exact) mass is 437 g/mol. The molecule has 2 aliphatic heterocycles. The van der Waals surface area contributed by atoms with Gasteiger partial charge >= 0.3 is 0 Å². The van der Waals surface area contributed by atoms with Crippen LogP contribution in [-0.2, 0) is 22.6 Å². The van der Waals surface area contributed by atoms with Gasteiger partial charge in [0.2, 0.25) is 0 Å². The highest BCUT2D eigenvalue weighted by atomic mass is 19.1. The van der Waals surface area contributed by atoms with Crippen LogP contribution in [0.1, 0.15) is 39.8 Å². The predicted molar refractivity (Wildman–Crippen MR) is 98.6 cm³/mol. The Morgan fingerprint density at radius 1 is 1.26 bits per heavy atom. The van der Waals surface area contributed by atoms with Crippen LogP contribution in [0.4, 0.5) is 13.2 Å². The lowest BCUT2D eigenvalue weighted by Crippen LogP contribution is -2.56. The molecule has 2 aromatic rings. The molecule has 0 aliphatic carbocycles. The largest absolute Gasteiger partial charge is 0.505 e. The van der Waals surface area contributed by atoms with Crippen LogP contribution in [0.15, 0.2) is 18.3 Å². The second-order valence-electron chi connectivity index (χ2n) is 7.43. The lowest BCUT2D eigenvalue weighted by Gasteiger charge is -2.43. The molecule has 1 saturated heterocycles. The zero-order valence-electron chi connectivity index (χ0n) is 16.3. The molecule has 31 heavy (non-hydrogen) atoms. The Hall–Kier alpha value is -3.34. The molecular weight excluding hydrogens is 419 g/mol. The van der Waals surface area contributed by atoms with Gasteiger partial charge in [-0.25, -0.2) is 13.2 Å². The molecule has 8 nitrogen and oxygen atoms in total. The standard InChI is InChI=1S/C20H18F3N3O5/c1-9-2-3-31-15-8-25-7-12(17(27)16(25)20(30)26(9)15)18(28)19(29)24-6-11-13(22)4-10(21)5-14(11)23/h4-5,7,9,15,27H,2-3,6,8H2,1H3,(H,24,29)/t9-,15+/m1/s1. The summed E-state index contributed by atoms with van der Waals surface area (Å²) in [6.07, 6.45) is 1.23. The SMILES string of the molecule is C[C@@H]1CCO[C@H]2Cn3cc(C(=O)C(=O)NCc4c(F)cc(F)cc4F)c(O)c3C(=O)N12. The van der Waals surface area contributed by atoms with E-state index in [0.29, 0.717) is 25.2 Å². The number of nitrogens with one attached hydrogen (secondary N) is 1. The number of amides is 2. The summed E-state index contributed by atoms with van der Waals surface area (Å²) in [7, 11) is 0. The number of aromatic hydroxyl groups is 1. The molecule has 0 unspecified atom stereocenters. The number of ether oxygens (including phenoxy) is 1. The van der Waals surface area contributed by atoms with Crippen LogP contribution in [-0.4, -0.2) is 51.0 Å². The number of fused-ring (bicyclic) bond motifs is 2. The highest BCUT2D eigenvalue weighted by Crippen LogP contribution is 2.34. The minimum atomic E-state index is -1.25. The van der Waals surface area contributed by atoms with Gasteiger partial charge < -0.3 is 24.6 Å². The molecule has 164 valence electrons. The molecule has 2 amide bonds. The summed E-state index contributed by atoms with van der Waals surface area (Å²) in [4.78, 5) is 39.1. The summed E-state index contributed by atoms with van der Waals surface area (Å²) in [5, 5.41) is 12.5. The van der Waals surface area contributed by atoms with Crippen molar-refractivity contribution in [2.24, 2.45) is 0 Å². The fourth-order valence-corrected chi connectivity index (χ4v) is 3.83. The average Bonchev–Trinajstić information content (AvgIpc) is 3.03. The molecule has 0 radical (unpaired) electrons. The number of halogens is 3. The number of rotatable bonds is 4. The van der Waals surface area contributed by atoms with Crippen molar-refractivity contribution < 1.29 is 37.4 Å². The number of carbonyl (C=O) groups is 3. The zero-order valence-corrected chi connectivity index (χ0v) is 16.3. The zero-order chi connectivity index (χ0) is 22.4. The maximum atomic E-state index is 13.7. The molecule has 1 fully saturated rings. The fourth-order valence-electron chi connectivity index (χ4n) is 3.83. The summed E-state index contributed by atoms with van der Waals surface area (Å²) < 4.78 is 47.4. The summed E-state index contributed by atoms with van der Waals surface area (Å²) in [6.45, 7) is 1.76. The Bertz CT molecular complexity index is 1080.